The summed E-state index contributed by atoms with van der Waals surface area (Å²) in [6.45, 7) is 6.01. The number of carbonyl (C=O) groups is 1. The molecule has 0 aliphatic carbocycles. The van der Waals surface area contributed by atoms with E-state index in [9.17, 15) is 9.18 Å². The summed E-state index contributed by atoms with van der Waals surface area (Å²) in [5.74, 6) is -0.221. The smallest absolute Gasteiger partial charge is 0.246 e. The molecular weight excluding hydrogens is 315 g/mol. The Kier molecular flexibility index (Phi) is 5.61. The molecule has 122 valence electrons. The topological polar surface area (TPSA) is 41.1 Å². The van der Waals surface area contributed by atoms with Crippen molar-refractivity contribution in [2.24, 2.45) is 0 Å². The molecule has 2 aromatic carbocycles. The highest BCUT2D eigenvalue weighted by Crippen LogP contribution is 2.23. The second kappa shape index (κ2) is 7.47. The van der Waals surface area contributed by atoms with E-state index in [1.165, 1.54) is 23.8 Å². The largest absolute Gasteiger partial charge is 0.374 e. The number of rotatable bonds is 5. The third-order valence-corrected chi connectivity index (χ3v) is 3.86. The second-order valence-electron chi connectivity index (χ2n) is 5.76. The minimum absolute atomic E-state index is 0.173. The van der Waals surface area contributed by atoms with Gasteiger partial charge in [0.1, 0.15) is 11.9 Å². The van der Waals surface area contributed by atoms with E-state index in [0.717, 1.165) is 5.69 Å². The fourth-order valence-electron chi connectivity index (χ4n) is 2.11. The molecule has 0 aliphatic heterocycles. The summed E-state index contributed by atoms with van der Waals surface area (Å²) in [4.78, 5) is 12.2. The lowest BCUT2D eigenvalue weighted by Gasteiger charge is -2.16. The number of carbonyl (C=O) groups excluding carboxylic acids is 1. The van der Waals surface area contributed by atoms with Crippen LogP contribution in [0, 0.1) is 5.82 Å². The van der Waals surface area contributed by atoms with Crippen molar-refractivity contribution in [1.29, 1.82) is 0 Å². The molecule has 0 bridgehead atoms. The van der Waals surface area contributed by atoms with Gasteiger partial charge in [0, 0.05) is 5.69 Å². The summed E-state index contributed by atoms with van der Waals surface area (Å²) >= 11 is 5.91. The Morgan fingerprint density at radius 2 is 1.74 bits per heavy atom. The summed E-state index contributed by atoms with van der Waals surface area (Å²) in [6.07, 6.45) is 0. The van der Waals surface area contributed by atoms with E-state index in [0.29, 0.717) is 11.6 Å². The molecule has 0 unspecified atom stereocenters. The van der Waals surface area contributed by atoms with Crippen LogP contribution in [-0.4, -0.2) is 11.9 Å². The number of benzene rings is 2. The Bertz CT molecular complexity index is 686. The van der Waals surface area contributed by atoms with Gasteiger partial charge in [-0.25, -0.2) is 4.39 Å². The Morgan fingerprint density at radius 1 is 1.09 bits per heavy atom. The zero-order valence-corrected chi connectivity index (χ0v) is 14.1. The number of halogens is 2. The molecule has 0 aromatic heterocycles. The van der Waals surface area contributed by atoms with Crippen LogP contribution in [0.1, 0.15) is 32.3 Å². The van der Waals surface area contributed by atoms with E-state index in [1.54, 1.807) is 6.92 Å². The molecule has 0 radical (unpaired) electrons. The maximum atomic E-state index is 13.0. The van der Waals surface area contributed by atoms with Crippen molar-refractivity contribution in [3.63, 3.8) is 0 Å². The van der Waals surface area contributed by atoms with Gasteiger partial charge in [-0.3, -0.25) is 4.79 Å². The average molecular weight is 335 g/mol. The van der Waals surface area contributed by atoms with Crippen molar-refractivity contribution in [3.05, 3.63) is 58.9 Å². The van der Waals surface area contributed by atoms with Crippen LogP contribution in [0.15, 0.2) is 42.5 Å². The Hall–Kier alpha value is -2.07. The molecular formula is C18H20ClFN2O. The van der Waals surface area contributed by atoms with Crippen molar-refractivity contribution in [2.75, 3.05) is 10.6 Å². The predicted molar refractivity (Wildman–Crippen MR) is 93.7 cm³/mol. The van der Waals surface area contributed by atoms with Gasteiger partial charge in [-0.2, -0.15) is 0 Å². The molecule has 3 nitrogen and oxygen atoms in total. The molecule has 0 saturated carbocycles. The van der Waals surface area contributed by atoms with Crippen LogP contribution >= 0.6 is 11.6 Å². The van der Waals surface area contributed by atoms with Gasteiger partial charge in [0.25, 0.3) is 0 Å². The summed E-state index contributed by atoms with van der Waals surface area (Å²) in [7, 11) is 0. The fourth-order valence-corrected chi connectivity index (χ4v) is 2.33. The molecule has 2 N–H and O–H groups in total. The molecule has 23 heavy (non-hydrogen) atoms. The SMILES string of the molecule is CC(C)c1ccc(N[C@@H](C)C(=O)Nc2ccc(F)cc2Cl)cc1. The van der Waals surface area contributed by atoms with E-state index in [1.807, 2.05) is 24.3 Å². The first-order chi connectivity index (χ1) is 10.9. The minimum atomic E-state index is -0.457. The first kappa shape index (κ1) is 17.3. The van der Waals surface area contributed by atoms with Crippen LogP contribution in [0.2, 0.25) is 5.02 Å². The molecule has 5 heteroatoms. The fraction of sp³-hybridized carbons (Fsp3) is 0.278. The number of hydrogen-bond acceptors (Lipinski definition) is 2. The van der Waals surface area contributed by atoms with Crippen molar-refractivity contribution < 1.29 is 9.18 Å². The summed E-state index contributed by atoms with van der Waals surface area (Å²) in [5.41, 5.74) is 2.50. The van der Waals surface area contributed by atoms with Crippen LogP contribution in [0.25, 0.3) is 0 Å². The van der Waals surface area contributed by atoms with Gasteiger partial charge in [0.15, 0.2) is 0 Å². The lowest BCUT2D eigenvalue weighted by Crippen LogP contribution is -2.31. The van der Waals surface area contributed by atoms with Gasteiger partial charge in [-0.15, -0.1) is 0 Å². The van der Waals surface area contributed by atoms with Crippen LogP contribution in [0.5, 0.6) is 0 Å². The zero-order valence-electron chi connectivity index (χ0n) is 13.4. The molecule has 0 heterocycles. The summed E-state index contributed by atoms with van der Waals surface area (Å²) in [6, 6.07) is 11.4. The van der Waals surface area contributed by atoms with Crippen LogP contribution in [0.3, 0.4) is 0 Å². The quantitative estimate of drug-likeness (QED) is 0.804. The number of amides is 1. The van der Waals surface area contributed by atoms with E-state index in [2.05, 4.69) is 24.5 Å². The average Bonchev–Trinajstić information content (AvgIpc) is 2.50. The highest BCUT2D eigenvalue weighted by molar-refractivity contribution is 6.33. The van der Waals surface area contributed by atoms with E-state index in [-0.39, 0.29) is 10.9 Å². The summed E-state index contributed by atoms with van der Waals surface area (Å²) < 4.78 is 13.0. The Morgan fingerprint density at radius 3 is 2.30 bits per heavy atom. The van der Waals surface area contributed by atoms with Crippen molar-refractivity contribution in [3.8, 4) is 0 Å². The van der Waals surface area contributed by atoms with Crippen LogP contribution in [0.4, 0.5) is 15.8 Å². The monoisotopic (exact) mass is 334 g/mol. The van der Waals surface area contributed by atoms with Gasteiger partial charge < -0.3 is 10.6 Å². The first-order valence-corrected chi connectivity index (χ1v) is 7.87. The van der Waals surface area contributed by atoms with E-state index >= 15 is 0 Å². The molecule has 0 aliphatic rings. The number of anilines is 2. The standard InChI is InChI=1S/C18H20ClFN2O/c1-11(2)13-4-7-15(8-5-13)21-12(3)18(23)22-17-9-6-14(20)10-16(17)19/h4-12,21H,1-3H3,(H,22,23)/t12-/m0/s1. The van der Waals surface area contributed by atoms with Gasteiger partial charge in [0.2, 0.25) is 5.91 Å². The molecule has 2 rings (SSSR count). The Balaban J connectivity index is 1.99. The second-order valence-corrected chi connectivity index (χ2v) is 6.16. The molecule has 0 fully saturated rings. The Labute approximate surface area is 140 Å². The summed E-state index contributed by atoms with van der Waals surface area (Å²) in [5, 5.41) is 5.99. The van der Waals surface area contributed by atoms with Gasteiger partial charge in [-0.05, 0) is 48.7 Å². The maximum absolute atomic E-state index is 13.0. The maximum Gasteiger partial charge on any atom is 0.246 e. The molecule has 1 amide bonds. The number of nitrogens with one attached hydrogen (secondary N) is 2. The highest BCUT2D eigenvalue weighted by Gasteiger charge is 2.14. The third kappa shape index (κ3) is 4.70. The van der Waals surface area contributed by atoms with E-state index < -0.39 is 11.9 Å². The first-order valence-electron chi connectivity index (χ1n) is 7.49. The number of hydrogen-bond donors (Lipinski definition) is 2. The molecule has 0 spiro atoms. The predicted octanol–water partition coefficient (Wildman–Crippen LogP) is 5.04. The molecule has 2 aromatic rings. The van der Waals surface area contributed by atoms with Crippen molar-refractivity contribution in [2.45, 2.75) is 32.7 Å². The molecule has 0 saturated heterocycles. The normalized spacial score (nSPS) is 12.1. The van der Waals surface area contributed by atoms with Crippen molar-refractivity contribution >= 4 is 28.9 Å². The van der Waals surface area contributed by atoms with Crippen LogP contribution in [-0.2, 0) is 4.79 Å². The lowest BCUT2D eigenvalue weighted by atomic mass is 10.0. The van der Waals surface area contributed by atoms with Crippen molar-refractivity contribution in [1.82, 2.24) is 0 Å². The highest BCUT2D eigenvalue weighted by atomic mass is 35.5. The molecule has 1 atom stereocenters. The minimum Gasteiger partial charge on any atom is -0.374 e. The zero-order chi connectivity index (χ0) is 17.0. The van der Waals surface area contributed by atoms with Crippen LogP contribution < -0.4 is 10.6 Å². The van der Waals surface area contributed by atoms with Gasteiger partial charge in [0.05, 0.1) is 10.7 Å². The van der Waals surface area contributed by atoms with Gasteiger partial charge in [-0.1, -0.05) is 37.6 Å². The lowest BCUT2D eigenvalue weighted by molar-refractivity contribution is -0.116. The van der Waals surface area contributed by atoms with Gasteiger partial charge >= 0.3 is 0 Å². The van der Waals surface area contributed by atoms with E-state index in [4.69, 9.17) is 11.6 Å². The third-order valence-electron chi connectivity index (χ3n) is 3.54.